The average molecular weight is 464 g/mol. The Morgan fingerprint density at radius 3 is 2.72 bits per heavy atom. The molecule has 1 aliphatic rings. The topological polar surface area (TPSA) is 189 Å². The number of amides is 1. The van der Waals surface area contributed by atoms with Crippen LogP contribution in [-0.2, 0) is 26.2 Å². The van der Waals surface area contributed by atoms with E-state index in [0.717, 1.165) is 0 Å². The molecule has 0 aliphatic carbocycles. The Bertz CT molecular complexity index is 1260. The Labute approximate surface area is 181 Å². The number of anilines is 1. The fraction of sp³-hybridized carbons (Fsp3) is 0.333. The van der Waals surface area contributed by atoms with Gasteiger partial charge in [0.05, 0.1) is 11.2 Å². The molecular weight excluding hydrogens is 444 g/mol. The quantitative estimate of drug-likeness (QED) is 0.283. The number of carbonyl (C=O) groups is 1. The van der Waals surface area contributed by atoms with Crippen molar-refractivity contribution in [2.24, 2.45) is 0 Å². The van der Waals surface area contributed by atoms with Crippen molar-refractivity contribution in [3.63, 3.8) is 0 Å². The zero-order chi connectivity index (χ0) is 23.0. The Kier molecular flexibility index (Phi) is 5.79. The maximum absolute atomic E-state index is 11.9. The highest BCUT2D eigenvalue weighted by Gasteiger charge is 2.47. The van der Waals surface area contributed by atoms with E-state index in [9.17, 15) is 28.0 Å². The van der Waals surface area contributed by atoms with Crippen molar-refractivity contribution >= 4 is 33.0 Å². The van der Waals surface area contributed by atoms with Crippen molar-refractivity contribution in [2.75, 3.05) is 12.4 Å². The molecule has 4 atom stereocenters. The van der Waals surface area contributed by atoms with E-state index in [2.05, 4.69) is 25.6 Å². The van der Waals surface area contributed by atoms with E-state index in [4.69, 9.17) is 4.74 Å². The van der Waals surface area contributed by atoms with Crippen molar-refractivity contribution in [1.82, 2.24) is 24.8 Å². The van der Waals surface area contributed by atoms with Crippen LogP contribution in [0.5, 0.6) is 0 Å². The van der Waals surface area contributed by atoms with Crippen LogP contribution in [-0.4, -0.2) is 74.0 Å². The Balaban J connectivity index is 1.59. The summed E-state index contributed by atoms with van der Waals surface area (Å²) < 4.78 is 38.8. The van der Waals surface area contributed by atoms with Gasteiger partial charge in [-0.3, -0.25) is 13.9 Å². The number of fused-ring (bicyclic) bond motifs is 1. The molecule has 0 saturated carbocycles. The molecule has 0 radical (unpaired) electrons. The number of rotatable bonds is 6. The molecule has 13 nitrogen and oxygen atoms in total. The summed E-state index contributed by atoms with van der Waals surface area (Å²) in [6.07, 6.45) is -2.60. The first kappa shape index (κ1) is 22.0. The number of nitrogens with zero attached hydrogens (tertiary/aromatic N) is 4. The summed E-state index contributed by atoms with van der Waals surface area (Å²) in [5.41, 5.74) is 1.17. The summed E-state index contributed by atoms with van der Waals surface area (Å²) in [5.74, 6) is -0.255. The van der Waals surface area contributed by atoms with Crippen LogP contribution < -0.4 is 10.6 Å². The number of imidazole rings is 1. The summed E-state index contributed by atoms with van der Waals surface area (Å²) in [5, 5.41) is 25.9. The van der Waals surface area contributed by atoms with Gasteiger partial charge in [0.15, 0.2) is 29.3 Å². The molecule has 3 heterocycles. The Morgan fingerprint density at radius 2 is 2.00 bits per heavy atom. The maximum atomic E-state index is 11.9. The zero-order valence-corrected chi connectivity index (χ0v) is 17.5. The highest BCUT2D eigenvalue weighted by atomic mass is 32.2. The number of aromatic nitrogens is 4. The third-order valence-electron chi connectivity index (χ3n) is 5.03. The molecule has 1 saturated heterocycles. The SMILES string of the molecule is CNC(=O)[C@H]1OC(n2cnc3c(NCc4cccc(S(=O)(=O)O)c4)ncnc32)[C@H](O)[C@@H]1O. The van der Waals surface area contributed by atoms with E-state index in [1.165, 1.54) is 42.5 Å². The number of aliphatic hydroxyl groups excluding tert-OH is 2. The van der Waals surface area contributed by atoms with Crippen molar-refractivity contribution < 1.29 is 32.7 Å². The second-order valence-corrected chi connectivity index (χ2v) is 8.49. The van der Waals surface area contributed by atoms with Crippen molar-refractivity contribution in [3.05, 3.63) is 42.5 Å². The third kappa shape index (κ3) is 4.01. The molecule has 3 aromatic rings. The Hall–Kier alpha value is -3.17. The first-order chi connectivity index (χ1) is 15.2. The highest BCUT2D eigenvalue weighted by Crippen LogP contribution is 2.32. The van der Waals surface area contributed by atoms with Gasteiger partial charge < -0.3 is 25.6 Å². The lowest BCUT2D eigenvalue weighted by Gasteiger charge is -2.16. The molecular formula is C18H20N6O7S. The fourth-order valence-electron chi connectivity index (χ4n) is 3.42. The normalized spacial score (nSPS) is 23.4. The average Bonchev–Trinajstić information content (AvgIpc) is 3.33. The maximum Gasteiger partial charge on any atom is 0.294 e. The number of hydrogen-bond acceptors (Lipinski definition) is 10. The monoisotopic (exact) mass is 464 g/mol. The largest absolute Gasteiger partial charge is 0.387 e. The summed E-state index contributed by atoms with van der Waals surface area (Å²) in [6, 6.07) is 5.76. The molecule has 170 valence electrons. The summed E-state index contributed by atoms with van der Waals surface area (Å²) in [6.45, 7) is 0.169. The number of carbonyl (C=O) groups excluding carboxylic acids is 1. The van der Waals surface area contributed by atoms with E-state index in [-0.39, 0.29) is 17.1 Å². The number of nitrogens with one attached hydrogen (secondary N) is 2. The fourth-order valence-corrected chi connectivity index (χ4v) is 3.97. The minimum Gasteiger partial charge on any atom is -0.387 e. The number of benzene rings is 1. The van der Waals surface area contributed by atoms with Gasteiger partial charge in [-0.25, -0.2) is 15.0 Å². The van der Waals surface area contributed by atoms with Gasteiger partial charge in [-0.05, 0) is 17.7 Å². The van der Waals surface area contributed by atoms with Gasteiger partial charge in [-0.1, -0.05) is 12.1 Å². The van der Waals surface area contributed by atoms with Crippen LogP contribution in [0.1, 0.15) is 11.8 Å². The smallest absolute Gasteiger partial charge is 0.294 e. The van der Waals surface area contributed by atoms with E-state index >= 15 is 0 Å². The van der Waals surface area contributed by atoms with Crippen LogP contribution in [0.25, 0.3) is 11.2 Å². The van der Waals surface area contributed by atoms with Crippen LogP contribution >= 0.6 is 0 Å². The molecule has 5 N–H and O–H groups in total. The molecule has 4 rings (SSSR count). The van der Waals surface area contributed by atoms with Gasteiger partial charge in [0.25, 0.3) is 16.0 Å². The molecule has 1 aromatic carbocycles. The predicted octanol–water partition coefficient (Wildman–Crippen LogP) is -0.950. The summed E-state index contributed by atoms with van der Waals surface area (Å²) in [7, 11) is -2.94. The minimum absolute atomic E-state index is 0.169. The molecule has 0 bridgehead atoms. The minimum atomic E-state index is -4.33. The molecule has 14 heteroatoms. The molecule has 2 aromatic heterocycles. The van der Waals surface area contributed by atoms with Gasteiger partial charge in [-0.2, -0.15) is 8.42 Å². The van der Waals surface area contributed by atoms with Crippen molar-refractivity contribution in [1.29, 1.82) is 0 Å². The Morgan fingerprint density at radius 1 is 1.22 bits per heavy atom. The van der Waals surface area contributed by atoms with Crippen molar-refractivity contribution in [3.8, 4) is 0 Å². The molecule has 1 unspecified atom stereocenters. The van der Waals surface area contributed by atoms with Gasteiger partial charge >= 0.3 is 0 Å². The molecule has 0 spiro atoms. The third-order valence-corrected chi connectivity index (χ3v) is 5.88. The van der Waals surface area contributed by atoms with Crippen molar-refractivity contribution in [2.45, 2.75) is 36.0 Å². The first-order valence-corrected chi connectivity index (χ1v) is 10.9. The number of likely N-dealkylation sites (N-methyl/N-ethyl adjacent to an activating group) is 1. The van der Waals surface area contributed by atoms with Crippen LogP contribution in [0.15, 0.2) is 41.8 Å². The van der Waals surface area contributed by atoms with Crippen LogP contribution in [0.2, 0.25) is 0 Å². The number of ether oxygens (including phenoxy) is 1. The van der Waals surface area contributed by atoms with Crippen LogP contribution in [0.4, 0.5) is 5.82 Å². The number of hydrogen-bond donors (Lipinski definition) is 5. The lowest BCUT2D eigenvalue weighted by atomic mass is 10.1. The molecule has 32 heavy (non-hydrogen) atoms. The molecule has 1 amide bonds. The summed E-state index contributed by atoms with van der Waals surface area (Å²) in [4.78, 5) is 24.2. The lowest BCUT2D eigenvalue weighted by molar-refractivity contribution is -0.137. The van der Waals surface area contributed by atoms with E-state index in [1.54, 1.807) is 6.07 Å². The van der Waals surface area contributed by atoms with Gasteiger partial charge in [0.1, 0.15) is 18.5 Å². The number of aliphatic hydroxyl groups is 2. The van der Waals surface area contributed by atoms with Crippen LogP contribution in [0.3, 0.4) is 0 Å². The van der Waals surface area contributed by atoms with E-state index in [1.807, 2.05) is 0 Å². The van der Waals surface area contributed by atoms with Gasteiger partial charge in [0, 0.05) is 13.6 Å². The van der Waals surface area contributed by atoms with Crippen LogP contribution in [0, 0.1) is 0 Å². The van der Waals surface area contributed by atoms with E-state index in [0.29, 0.717) is 16.9 Å². The lowest BCUT2D eigenvalue weighted by Crippen LogP contribution is -2.41. The molecule has 1 aliphatic heterocycles. The highest BCUT2D eigenvalue weighted by molar-refractivity contribution is 7.85. The molecule has 1 fully saturated rings. The van der Waals surface area contributed by atoms with E-state index < -0.39 is 40.6 Å². The second-order valence-electron chi connectivity index (χ2n) is 7.07. The van der Waals surface area contributed by atoms with Gasteiger partial charge in [0.2, 0.25) is 0 Å². The van der Waals surface area contributed by atoms with Gasteiger partial charge in [-0.15, -0.1) is 0 Å². The summed E-state index contributed by atoms with van der Waals surface area (Å²) >= 11 is 0. The first-order valence-electron chi connectivity index (χ1n) is 9.41. The standard InChI is InChI=1S/C18H20N6O7S/c1-19-17(27)14-12(25)13(26)18(31-14)24-8-23-11-15(21-7-22-16(11)24)20-6-9-3-2-4-10(5-9)32(28,29)30/h2-5,7-8,12-14,18,25-26H,6H2,1H3,(H,19,27)(H,20,21,22)(H,28,29,30)/t12-,13+,14-,18?/m0/s1. The second kappa shape index (κ2) is 8.40. The predicted molar refractivity (Wildman–Crippen MR) is 109 cm³/mol. The zero-order valence-electron chi connectivity index (χ0n) is 16.7.